The number of nitrogens with zero attached hydrogens (tertiary/aromatic N) is 3. The molecule has 1 fully saturated rings. The molecule has 0 aromatic heterocycles. The number of carbonyl (C=O) groups is 1. The number of methoxy groups -OCH3 is 2. The molecule has 1 unspecified atom stereocenters. The van der Waals surface area contributed by atoms with Gasteiger partial charge in [0.05, 0.1) is 32.1 Å². The minimum Gasteiger partial charge on any atom is -0.493 e. The molecule has 170 valence electrons. The molecule has 2 N–H and O–H groups in total. The quantitative estimate of drug-likeness (QED) is 0.766. The van der Waals surface area contributed by atoms with E-state index in [1.54, 1.807) is 21.3 Å². The van der Waals surface area contributed by atoms with Crippen LogP contribution in [0, 0.1) is 0 Å². The fraction of sp³-hybridized carbons (Fsp3) is 0.417. The Morgan fingerprint density at radius 3 is 2.44 bits per heavy atom. The zero-order valence-electron chi connectivity index (χ0n) is 19.0. The van der Waals surface area contributed by atoms with Crippen LogP contribution in [0.4, 0.5) is 10.5 Å². The molecule has 2 aromatic rings. The summed E-state index contributed by atoms with van der Waals surface area (Å²) in [5, 5.41) is 18.8. The Morgan fingerprint density at radius 2 is 1.84 bits per heavy atom. The Kier molecular flexibility index (Phi) is 6.23. The van der Waals surface area contributed by atoms with Crippen molar-refractivity contribution < 1.29 is 19.4 Å². The number of aliphatic hydroxyl groups excluding tert-OH is 1. The fourth-order valence-electron chi connectivity index (χ4n) is 4.36. The van der Waals surface area contributed by atoms with Crippen LogP contribution in [-0.4, -0.2) is 68.4 Å². The second kappa shape index (κ2) is 9.08. The van der Waals surface area contributed by atoms with Gasteiger partial charge in [0.25, 0.3) is 0 Å². The highest BCUT2D eigenvalue weighted by Crippen LogP contribution is 2.35. The molecule has 0 bridgehead atoms. The first-order valence-electron chi connectivity index (χ1n) is 10.8. The van der Waals surface area contributed by atoms with Crippen LogP contribution in [0.5, 0.6) is 11.5 Å². The molecular weight excluding hydrogens is 408 g/mol. The summed E-state index contributed by atoms with van der Waals surface area (Å²) < 4.78 is 11.1. The topological polar surface area (TPSA) is 86.6 Å². The molecule has 0 spiro atoms. The normalized spacial score (nSPS) is 20.3. The Balaban J connectivity index is 1.80. The molecule has 8 heteroatoms. The number of urea groups is 1. The van der Waals surface area contributed by atoms with E-state index in [-0.39, 0.29) is 18.2 Å². The number of nitrogens with one attached hydrogen (secondary N) is 1. The van der Waals surface area contributed by atoms with Gasteiger partial charge in [-0.05, 0) is 49.6 Å². The highest BCUT2D eigenvalue weighted by Gasteiger charge is 2.28. The van der Waals surface area contributed by atoms with E-state index in [2.05, 4.69) is 10.2 Å². The number of hydrogen-bond acceptors (Lipinski definition) is 6. The largest absolute Gasteiger partial charge is 0.493 e. The third-order valence-electron chi connectivity index (χ3n) is 6.10. The van der Waals surface area contributed by atoms with Gasteiger partial charge >= 0.3 is 6.03 Å². The van der Waals surface area contributed by atoms with Gasteiger partial charge in [0.2, 0.25) is 0 Å². The van der Waals surface area contributed by atoms with Crippen LogP contribution in [0.1, 0.15) is 30.0 Å². The summed E-state index contributed by atoms with van der Waals surface area (Å²) in [6, 6.07) is 11.6. The minimum atomic E-state index is -0.280. The predicted octanol–water partition coefficient (Wildman–Crippen LogP) is 2.61. The highest BCUT2D eigenvalue weighted by atomic mass is 16.5. The van der Waals surface area contributed by atoms with Crippen molar-refractivity contribution in [2.24, 2.45) is 5.10 Å². The molecule has 32 heavy (non-hydrogen) atoms. The second-order valence-corrected chi connectivity index (χ2v) is 8.20. The van der Waals surface area contributed by atoms with Crippen LogP contribution in [0.2, 0.25) is 0 Å². The minimum absolute atomic E-state index is 0.144. The van der Waals surface area contributed by atoms with Crippen molar-refractivity contribution in [2.75, 3.05) is 39.3 Å². The lowest BCUT2D eigenvalue weighted by molar-refractivity contribution is 0.184. The SMILES string of the molecule is CNC(=O)N1N=C(c2ccc(N3CC[C@H](O)C3)cc2)c2cc(OC)c(OC)cc2CC1C. The smallest absolute Gasteiger partial charge is 0.337 e. The Labute approximate surface area is 188 Å². The van der Waals surface area contributed by atoms with Gasteiger partial charge in [-0.2, -0.15) is 5.10 Å². The number of anilines is 1. The zero-order valence-corrected chi connectivity index (χ0v) is 19.0. The van der Waals surface area contributed by atoms with Crippen molar-refractivity contribution in [3.63, 3.8) is 0 Å². The van der Waals surface area contributed by atoms with Crippen LogP contribution in [-0.2, 0) is 6.42 Å². The molecule has 0 aliphatic carbocycles. The van der Waals surface area contributed by atoms with E-state index < -0.39 is 0 Å². The van der Waals surface area contributed by atoms with Gasteiger partial charge in [0, 0.05) is 37.0 Å². The summed E-state index contributed by atoms with van der Waals surface area (Å²) in [5.41, 5.74) is 4.59. The van der Waals surface area contributed by atoms with Gasteiger partial charge in [0.15, 0.2) is 11.5 Å². The van der Waals surface area contributed by atoms with E-state index in [9.17, 15) is 9.90 Å². The fourth-order valence-corrected chi connectivity index (χ4v) is 4.36. The van der Waals surface area contributed by atoms with E-state index >= 15 is 0 Å². The molecule has 0 saturated carbocycles. The summed E-state index contributed by atoms with van der Waals surface area (Å²) in [6.45, 7) is 3.45. The molecule has 2 amide bonds. The number of rotatable bonds is 4. The van der Waals surface area contributed by atoms with Crippen molar-refractivity contribution in [3.05, 3.63) is 53.1 Å². The number of ether oxygens (including phenoxy) is 2. The Morgan fingerprint density at radius 1 is 1.16 bits per heavy atom. The summed E-state index contributed by atoms with van der Waals surface area (Å²) >= 11 is 0. The van der Waals surface area contributed by atoms with Crippen LogP contribution < -0.4 is 19.7 Å². The standard InChI is InChI=1S/C24H30N4O4/c1-15-11-17-12-21(31-3)22(32-4)13-20(17)23(26-28(15)24(30)25-2)16-5-7-18(8-6-16)27-10-9-19(29)14-27/h5-8,12-13,15,19,29H,9-11,14H2,1-4H3,(H,25,30)/t15?,19-/m0/s1. The maximum Gasteiger partial charge on any atom is 0.337 e. The number of fused-ring (bicyclic) bond motifs is 1. The van der Waals surface area contributed by atoms with E-state index in [1.165, 1.54) is 5.01 Å². The maximum absolute atomic E-state index is 12.6. The van der Waals surface area contributed by atoms with Crippen molar-refractivity contribution >= 4 is 17.4 Å². The third kappa shape index (κ3) is 4.10. The predicted molar refractivity (Wildman–Crippen MR) is 124 cm³/mol. The van der Waals surface area contributed by atoms with Crippen molar-refractivity contribution in [3.8, 4) is 11.5 Å². The first-order chi connectivity index (χ1) is 15.4. The molecule has 2 aliphatic rings. The molecule has 2 aromatic carbocycles. The molecular formula is C24H30N4O4. The van der Waals surface area contributed by atoms with Gasteiger partial charge in [0.1, 0.15) is 0 Å². The lowest BCUT2D eigenvalue weighted by Crippen LogP contribution is -2.41. The van der Waals surface area contributed by atoms with Crippen LogP contribution >= 0.6 is 0 Å². The summed E-state index contributed by atoms with van der Waals surface area (Å²) in [6.07, 6.45) is 1.13. The van der Waals surface area contributed by atoms with Crippen molar-refractivity contribution in [2.45, 2.75) is 31.9 Å². The Hall–Kier alpha value is -3.26. The van der Waals surface area contributed by atoms with E-state index in [1.807, 2.05) is 43.3 Å². The molecule has 8 nitrogen and oxygen atoms in total. The average molecular weight is 439 g/mol. The molecule has 2 heterocycles. The third-order valence-corrected chi connectivity index (χ3v) is 6.10. The number of amides is 2. The molecule has 4 rings (SSSR count). The first-order valence-corrected chi connectivity index (χ1v) is 10.8. The van der Waals surface area contributed by atoms with Crippen LogP contribution in [0.25, 0.3) is 0 Å². The summed E-state index contributed by atoms with van der Waals surface area (Å²) in [4.78, 5) is 14.8. The highest BCUT2D eigenvalue weighted by molar-refractivity contribution is 6.14. The van der Waals surface area contributed by atoms with Crippen LogP contribution in [0.3, 0.4) is 0 Å². The van der Waals surface area contributed by atoms with Gasteiger partial charge in [-0.3, -0.25) is 0 Å². The van der Waals surface area contributed by atoms with E-state index in [0.29, 0.717) is 30.2 Å². The maximum atomic E-state index is 12.6. The second-order valence-electron chi connectivity index (χ2n) is 8.20. The number of β-amino-alcohol motifs (C(OH)–C–C–N with tert-alkyl or cyclic N) is 1. The lowest BCUT2D eigenvalue weighted by Gasteiger charge is -2.22. The molecule has 0 radical (unpaired) electrons. The van der Waals surface area contributed by atoms with Gasteiger partial charge in [-0.15, -0.1) is 0 Å². The molecule has 2 aliphatic heterocycles. The average Bonchev–Trinajstić information content (AvgIpc) is 3.19. The Bertz CT molecular complexity index is 1020. The number of aliphatic hydroxyl groups is 1. The van der Waals surface area contributed by atoms with Crippen molar-refractivity contribution in [1.29, 1.82) is 0 Å². The molecule has 2 atom stereocenters. The van der Waals surface area contributed by atoms with Gasteiger partial charge in [-0.25, -0.2) is 9.80 Å². The number of benzene rings is 2. The zero-order chi connectivity index (χ0) is 22.8. The van der Waals surface area contributed by atoms with E-state index in [0.717, 1.165) is 35.3 Å². The summed E-state index contributed by atoms with van der Waals surface area (Å²) in [5.74, 6) is 1.26. The number of hydrogen-bond donors (Lipinski definition) is 2. The number of carbonyl (C=O) groups excluding carboxylic acids is 1. The monoisotopic (exact) mass is 438 g/mol. The lowest BCUT2D eigenvalue weighted by atomic mass is 9.94. The summed E-state index contributed by atoms with van der Waals surface area (Å²) in [7, 11) is 4.83. The first kappa shape index (κ1) is 22.0. The molecule has 1 saturated heterocycles. The van der Waals surface area contributed by atoms with Gasteiger partial charge < -0.3 is 24.8 Å². The van der Waals surface area contributed by atoms with Crippen molar-refractivity contribution in [1.82, 2.24) is 10.3 Å². The number of hydrazone groups is 1. The van der Waals surface area contributed by atoms with Gasteiger partial charge in [-0.1, -0.05) is 12.1 Å². The van der Waals surface area contributed by atoms with Crippen LogP contribution in [0.15, 0.2) is 41.5 Å². The van der Waals surface area contributed by atoms with E-state index in [4.69, 9.17) is 14.6 Å².